The fourth-order valence-corrected chi connectivity index (χ4v) is 2.86. The van der Waals surface area contributed by atoms with Gasteiger partial charge in [0.05, 0.1) is 9.82 Å². The average molecular weight is 389 g/mol. The standard InChI is InChI=1S/C12H7Br2NO2S/c13-8-1-4-10(5-2-8)18-12-6-3-9(14)7-11(12)15(16)17/h1-7H. The third-order valence-corrected chi connectivity index (χ3v) is 4.25. The molecule has 0 bridgehead atoms. The van der Waals surface area contributed by atoms with Crippen LogP contribution in [0, 0.1) is 10.1 Å². The summed E-state index contributed by atoms with van der Waals surface area (Å²) in [7, 11) is 0. The van der Waals surface area contributed by atoms with Crippen molar-refractivity contribution in [2.45, 2.75) is 9.79 Å². The molecule has 0 aliphatic rings. The molecule has 2 aromatic carbocycles. The number of halogens is 2. The Kier molecular flexibility index (Phi) is 4.42. The maximum atomic E-state index is 11.0. The van der Waals surface area contributed by atoms with E-state index in [2.05, 4.69) is 31.9 Å². The van der Waals surface area contributed by atoms with Gasteiger partial charge in [-0.3, -0.25) is 10.1 Å². The molecule has 0 N–H and O–H groups in total. The smallest absolute Gasteiger partial charge is 0.258 e. The maximum Gasteiger partial charge on any atom is 0.284 e. The second-order valence-electron chi connectivity index (χ2n) is 3.43. The van der Waals surface area contributed by atoms with Gasteiger partial charge in [0.2, 0.25) is 0 Å². The van der Waals surface area contributed by atoms with E-state index < -0.39 is 0 Å². The van der Waals surface area contributed by atoms with Crippen molar-refractivity contribution in [3.63, 3.8) is 0 Å². The van der Waals surface area contributed by atoms with E-state index in [1.807, 2.05) is 24.3 Å². The molecule has 2 rings (SSSR count). The lowest BCUT2D eigenvalue weighted by Crippen LogP contribution is -1.90. The van der Waals surface area contributed by atoms with Crippen LogP contribution in [0.25, 0.3) is 0 Å². The number of benzene rings is 2. The molecule has 0 fully saturated rings. The SMILES string of the molecule is O=[N+]([O-])c1cc(Br)ccc1Sc1ccc(Br)cc1. The highest BCUT2D eigenvalue weighted by Gasteiger charge is 2.15. The van der Waals surface area contributed by atoms with E-state index in [4.69, 9.17) is 0 Å². The summed E-state index contributed by atoms with van der Waals surface area (Å²) in [5.74, 6) is 0. The van der Waals surface area contributed by atoms with Crippen LogP contribution in [0.4, 0.5) is 5.69 Å². The minimum Gasteiger partial charge on any atom is -0.258 e. The summed E-state index contributed by atoms with van der Waals surface area (Å²) in [5.41, 5.74) is 0.109. The van der Waals surface area contributed by atoms with Crippen molar-refractivity contribution < 1.29 is 4.92 Å². The van der Waals surface area contributed by atoms with Gasteiger partial charge in [0.25, 0.3) is 5.69 Å². The topological polar surface area (TPSA) is 43.1 Å². The summed E-state index contributed by atoms with van der Waals surface area (Å²) in [6.45, 7) is 0. The number of hydrogen-bond acceptors (Lipinski definition) is 3. The van der Waals surface area contributed by atoms with Crippen LogP contribution in [0.1, 0.15) is 0 Å². The molecular weight excluding hydrogens is 382 g/mol. The summed E-state index contributed by atoms with van der Waals surface area (Å²) < 4.78 is 1.69. The van der Waals surface area contributed by atoms with E-state index >= 15 is 0 Å². The van der Waals surface area contributed by atoms with Gasteiger partial charge in [-0.2, -0.15) is 0 Å². The first-order valence-electron chi connectivity index (χ1n) is 4.93. The summed E-state index contributed by atoms with van der Waals surface area (Å²) in [4.78, 5) is 12.2. The predicted octanol–water partition coefficient (Wildman–Crippen LogP) is 5.27. The molecule has 0 atom stereocenters. The van der Waals surface area contributed by atoms with E-state index in [9.17, 15) is 10.1 Å². The Morgan fingerprint density at radius 1 is 1.00 bits per heavy atom. The van der Waals surface area contributed by atoms with Gasteiger partial charge in [-0.25, -0.2) is 0 Å². The van der Waals surface area contributed by atoms with E-state index in [1.165, 1.54) is 17.8 Å². The van der Waals surface area contributed by atoms with Crippen molar-refractivity contribution in [3.05, 3.63) is 61.5 Å². The molecule has 0 aromatic heterocycles. The fraction of sp³-hybridized carbons (Fsp3) is 0. The van der Waals surface area contributed by atoms with Gasteiger partial charge in [-0.05, 0) is 36.4 Å². The van der Waals surface area contributed by atoms with Gasteiger partial charge in [0, 0.05) is 19.9 Å². The lowest BCUT2D eigenvalue weighted by molar-refractivity contribution is -0.387. The van der Waals surface area contributed by atoms with Crippen LogP contribution < -0.4 is 0 Å². The third-order valence-electron chi connectivity index (χ3n) is 2.16. The zero-order valence-corrected chi connectivity index (χ0v) is 13.0. The van der Waals surface area contributed by atoms with E-state index in [0.29, 0.717) is 9.37 Å². The van der Waals surface area contributed by atoms with Crippen LogP contribution in [0.5, 0.6) is 0 Å². The number of hydrogen-bond donors (Lipinski definition) is 0. The Morgan fingerprint density at radius 2 is 1.61 bits per heavy atom. The first kappa shape index (κ1) is 13.6. The Morgan fingerprint density at radius 3 is 2.22 bits per heavy atom. The predicted molar refractivity (Wildman–Crippen MR) is 79.1 cm³/mol. The molecule has 0 amide bonds. The quantitative estimate of drug-likeness (QED) is 0.531. The van der Waals surface area contributed by atoms with Crippen molar-refractivity contribution >= 4 is 49.3 Å². The molecule has 92 valence electrons. The summed E-state index contributed by atoms with van der Waals surface area (Å²) in [6.07, 6.45) is 0. The molecule has 3 nitrogen and oxygen atoms in total. The second kappa shape index (κ2) is 5.86. The van der Waals surface area contributed by atoms with Gasteiger partial charge in [-0.15, -0.1) is 0 Å². The van der Waals surface area contributed by atoms with Crippen LogP contribution in [0.15, 0.2) is 61.2 Å². The van der Waals surface area contributed by atoms with Crippen LogP contribution >= 0.6 is 43.6 Å². The normalized spacial score (nSPS) is 10.3. The van der Waals surface area contributed by atoms with Gasteiger partial charge >= 0.3 is 0 Å². The summed E-state index contributed by atoms with van der Waals surface area (Å²) >= 11 is 7.97. The minimum atomic E-state index is -0.369. The van der Waals surface area contributed by atoms with Gasteiger partial charge < -0.3 is 0 Å². The van der Waals surface area contributed by atoms with Crippen molar-refractivity contribution in [1.82, 2.24) is 0 Å². The zero-order valence-electron chi connectivity index (χ0n) is 8.97. The Labute approximate surface area is 125 Å². The van der Waals surface area contributed by atoms with Crippen molar-refractivity contribution in [1.29, 1.82) is 0 Å². The summed E-state index contributed by atoms with van der Waals surface area (Å²) in [5, 5.41) is 11.0. The molecule has 6 heteroatoms. The highest BCUT2D eigenvalue weighted by atomic mass is 79.9. The lowest BCUT2D eigenvalue weighted by atomic mass is 10.3. The number of nitro benzene ring substituents is 1. The molecule has 0 unspecified atom stereocenters. The van der Waals surface area contributed by atoms with Gasteiger partial charge in [-0.1, -0.05) is 43.6 Å². The molecule has 0 spiro atoms. The fourth-order valence-electron chi connectivity index (χ4n) is 1.35. The Hall–Kier alpha value is -0.850. The molecule has 0 aliphatic heterocycles. The van der Waals surface area contributed by atoms with Crippen molar-refractivity contribution in [3.8, 4) is 0 Å². The van der Waals surface area contributed by atoms with Crippen molar-refractivity contribution in [2.75, 3.05) is 0 Å². The molecule has 2 aromatic rings. The molecular formula is C12H7Br2NO2S. The molecule has 0 radical (unpaired) electrons. The number of rotatable bonds is 3. The van der Waals surface area contributed by atoms with Crippen LogP contribution in [0.3, 0.4) is 0 Å². The number of nitro groups is 1. The molecule has 18 heavy (non-hydrogen) atoms. The minimum absolute atomic E-state index is 0.109. The van der Waals surface area contributed by atoms with Gasteiger partial charge in [0.1, 0.15) is 0 Å². The first-order valence-corrected chi connectivity index (χ1v) is 7.34. The van der Waals surface area contributed by atoms with E-state index in [-0.39, 0.29) is 10.6 Å². The van der Waals surface area contributed by atoms with Gasteiger partial charge in [0.15, 0.2) is 0 Å². The molecule has 0 saturated carbocycles. The van der Waals surface area contributed by atoms with Crippen LogP contribution in [0.2, 0.25) is 0 Å². The first-order chi connectivity index (χ1) is 8.56. The molecule has 0 aliphatic carbocycles. The van der Waals surface area contributed by atoms with E-state index in [0.717, 1.165) is 9.37 Å². The van der Waals surface area contributed by atoms with Crippen LogP contribution in [-0.2, 0) is 0 Å². The lowest BCUT2D eigenvalue weighted by Gasteiger charge is -2.03. The third kappa shape index (κ3) is 3.34. The highest BCUT2D eigenvalue weighted by Crippen LogP contribution is 2.36. The van der Waals surface area contributed by atoms with Crippen molar-refractivity contribution in [2.24, 2.45) is 0 Å². The second-order valence-corrected chi connectivity index (χ2v) is 6.37. The number of nitrogens with zero attached hydrogens (tertiary/aromatic N) is 1. The van der Waals surface area contributed by atoms with E-state index in [1.54, 1.807) is 12.1 Å². The Bertz CT molecular complexity index is 587. The molecule has 0 saturated heterocycles. The average Bonchev–Trinajstić information content (AvgIpc) is 2.34. The summed E-state index contributed by atoms with van der Waals surface area (Å²) in [6, 6.07) is 12.7. The van der Waals surface area contributed by atoms with Crippen LogP contribution in [-0.4, -0.2) is 4.92 Å². The molecule has 0 heterocycles. The largest absolute Gasteiger partial charge is 0.284 e. The Balaban J connectivity index is 2.34. The monoisotopic (exact) mass is 387 g/mol. The highest BCUT2D eigenvalue weighted by molar-refractivity contribution is 9.10. The maximum absolute atomic E-state index is 11.0. The zero-order chi connectivity index (χ0) is 13.1.